The molecule has 1 fully saturated rings. The molecule has 0 N–H and O–H groups in total. The van der Waals surface area contributed by atoms with Crippen LogP contribution < -0.4 is 9.47 Å². The third-order valence-electron chi connectivity index (χ3n) is 4.62. The van der Waals surface area contributed by atoms with Crippen LogP contribution in [0.2, 0.25) is 0 Å². The SMILES string of the molecule is COc1cc(OC)cc(C(=O)N2CCN(C(=O)c3ccc(F)c(F)c3)CC2)c1. The molecule has 1 aliphatic rings. The van der Waals surface area contributed by atoms with Crippen LogP contribution in [-0.2, 0) is 0 Å². The fraction of sp³-hybridized carbons (Fsp3) is 0.300. The zero-order valence-corrected chi connectivity index (χ0v) is 15.6. The molecule has 1 aliphatic heterocycles. The average molecular weight is 390 g/mol. The lowest BCUT2D eigenvalue weighted by atomic mass is 10.1. The molecule has 0 bridgehead atoms. The highest BCUT2D eigenvalue weighted by atomic mass is 19.2. The summed E-state index contributed by atoms with van der Waals surface area (Å²) in [5.41, 5.74) is 0.507. The molecule has 0 saturated carbocycles. The predicted octanol–water partition coefficient (Wildman–Crippen LogP) is 2.58. The molecule has 1 saturated heterocycles. The Morgan fingerprint density at radius 1 is 0.750 bits per heavy atom. The minimum atomic E-state index is -1.06. The zero-order chi connectivity index (χ0) is 20.3. The molecular weight excluding hydrogens is 370 g/mol. The van der Waals surface area contributed by atoms with Gasteiger partial charge in [0.05, 0.1) is 14.2 Å². The number of carbonyl (C=O) groups excluding carboxylic acids is 2. The first kappa shape index (κ1) is 19.6. The summed E-state index contributed by atoms with van der Waals surface area (Å²) in [6.45, 7) is 1.25. The lowest BCUT2D eigenvalue weighted by Gasteiger charge is -2.35. The first-order chi connectivity index (χ1) is 13.4. The van der Waals surface area contributed by atoms with Gasteiger partial charge in [0.15, 0.2) is 11.6 Å². The van der Waals surface area contributed by atoms with Crippen molar-refractivity contribution in [1.29, 1.82) is 0 Å². The number of piperazine rings is 1. The summed E-state index contributed by atoms with van der Waals surface area (Å²) in [6, 6.07) is 8.00. The minimum Gasteiger partial charge on any atom is -0.497 e. The summed E-state index contributed by atoms with van der Waals surface area (Å²) < 4.78 is 36.8. The highest BCUT2D eigenvalue weighted by molar-refractivity contribution is 5.96. The van der Waals surface area contributed by atoms with Gasteiger partial charge in [-0.1, -0.05) is 0 Å². The van der Waals surface area contributed by atoms with E-state index in [1.807, 2.05) is 0 Å². The Labute approximate surface area is 161 Å². The van der Waals surface area contributed by atoms with E-state index in [1.54, 1.807) is 23.1 Å². The van der Waals surface area contributed by atoms with Crippen LogP contribution in [0.5, 0.6) is 11.5 Å². The molecule has 8 heteroatoms. The van der Waals surface area contributed by atoms with E-state index in [4.69, 9.17) is 9.47 Å². The van der Waals surface area contributed by atoms with Gasteiger partial charge in [-0.2, -0.15) is 0 Å². The highest BCUT2D eigenvalue weighted by Gasteiger charge is 2.26. The standard InChI is InChI=1S/C20H20F2N2O4/c1-27-15-9-14(10-16(12-15)28-2)20(26)24-7-5-23(6-8-24)19(25)13-3-4-17(21)18(22)11-13/h3-4,9-12H,5-8H2,1-2H3. The molecule has 0 atom stereocenters. The van der Waals surface area contributed by atoms with Crippen LogP contribution in [0.4, 0.5) is 8.78 Å². The molecule has 148 valence electrons. The van der Waals surface area contributed by atoms with E-state index < -0.39 is 17.5 Å². The topological polar surface area (TPSA) is 59.1 Å². The van der Waals surface area contributed by atoms with E-state index in [0.29, 0.717) is 43.2 Å². The number of hydrogen-bond donors (Lipinski definition) is 0. The van der Waals surface area contributed by atoms with Crippen molar-refractivity contribution in [3.8, 4) is 11.5 Å². The van der Waals surface area contributed by atoms with E-state index in [-0.39, 0.29) is 11.5 Å². The molecule has 1 heterocycles. The Hall–Kier alpha value is -3.16. The van der Waals surface area contributed by atoms with Gasteiger partial charge in [0.2, 0.25) is 0 Å². The van der Waals surface area contributed by atoms with Gasteiger partial charge in [0.1, 0.15) is 11.5 Å². The number of ether oxygens (including phenoxy) is 2. The van der Waals surface area contributed by atoms with Crippen molar-refractivity contribution in [3.63, 3.8) is 0 Å². The van der Waals surface area contributed by atoms with Gasteiger partial charge in [0.25, 0.3) is 11.8 Å². The fourth-order valence-corrected chi connectivity index (χ4v) is 3.04. The molecule has 0 spiro atoms. The minimum absolute atomic E-state index is 0.0798. The summed E-state index contributed by atoms with van der Waals surface area (Å²) in [4.78, 5) is 28.4. The van der Waals surface area contributed by atoms with Gasteiger partial charge in [0, 0.05) is 43.4 Å². The van der Waals surface area contributed by atoms with Crippen LogP contribution in [0, 0.1) is 11.6 Å². The summed E-state index contributed by atoms with van der Waals surface area (Å²) in [6.07, 6.45) is 0. The number of nitrogens with zero attached hydrogens (tertiary/aromatic N) is 2. The van der Waals surface area contributed by atoms with Crippen LogP contribution in [-0.4, -0.2) is 62.0 Å². The van der Waals surface area contributed by atoms with Gasteiger partial charge < -0.3 is 19.3 Å². The number of amides is 2. The van der Waals surface area contributed by atoms with Crippen LogP contribution >= 0.6 is 0 Å². The lowest BCUT2D eigenvalue weighted by molar-refractivity contribution is 0.0535. The van der Waals surface area contributed by atoms with Gasteiger partial charge >= 0.3 is 0 Å². The van der Waals surface area contributed by atoms with E-state index in [9.17, 15) is 18.4 Å². The third kappa shape index (κ3) is 4.05. The van der Waals surface area contributed by atoms with Gasteiger partial charge in [-0.3, -0.25) is 9.59 Å². The average Bonchev–Trinajstić information content (AvgIpc) is 2.74. The van der Waals surface area contributed by atoms with Crippen molar-refractivity contribution in [2.24, 2.45) is 0 Å². The molecule has 2 aromatic carbocycles. The number of benzene rings is 2. The van der Waals surface area contributed by atoms with Crippen molar-refractivity contribution in [2.45, 2.75) is 0 Å². The van der Waals surface area contributed by atoms with E-state index >= 15 is 0 Å². The second-order valence-electron chi connectivity index (χ2n) is 6.31. The molecule has 0 aromatic heterocycles. The molecule has 2 amide bonds. The van der Waals surface area contributed by atoms with Crippen molar-refractivity contribution in [1.82, 2.24) is 9.80 Å². The quantitative estimate of drug-likeness (QED) is 0.805. The summed E-state index contributed by atoms with van der Waals surface area (Å²) in [5, 5.41) is 0. The maximum absolute atomic E-state index is 13.4. The van der Waals surface area contributed by atoms with Crippen LogP contribution in [0.15, 0.2) is 36.4 Å². The molecule has 0 aliphatic carbocycles. The summed E-state index contributed by atoms with van der Waals surface area (Å²) in [7, 11) is 3.01. The smallest absolute Gasteiger partial charge is 0.254 e. The Kier molecular flexibility index (Phi) is 5.77. The number of rotatable bonds is 4. The number of methoxy groups -OCH3 is 2. The highest BCUT2D eigenvalue weighted by Crippen LogP contribution is 2.24. The van der Waals surface area contributed by atoms with Gasteiger partial charge in [-0.25, -0.2) is 8.78 Å². The molecule has 3 rings (SSSR count). The van der Waals surface area contributed by atoms with Gasteiger partial charge in [-0.15, -0.1) is 0 Å². The molecule has 2 aromatic rings. The first-order valence-corrected chi connectivity index (χ1v) is 8.69. The molecule has 0 unspecified atom stereocenters. The number of halogens is 2. The second kappa shape index (κ2) is 8.24. The van der Waals surface area contributed by atoms with Crippen molar-refractivity contribution in [2.75, 3.05) is 40.4 Å². The molecule has 28 heavy (non-hydrogen) atoms. The van der Waals surface area contributed by atoms with Crippen LogP contribution in [0.3, 0.4) is 0 Å². The van der Waals surface area contributed by atoms with Crippen molar-refractivity contribution < 1.29 is 27.8 Å². The maximum atomic E-state index is 13.4. The van der Waals surface area contributed by atoms with Crippen molar-refractivity contribution >= 4 is 11.8 Å². The largest absolute Gasteiger partial charge is 0.497 e. The van der Waals surface area contributed by atoms with Crippen LogP contribution in [0.1, 0.15) is 20.7 Å². The zero-order valence-electron chi connectivity index (χ0n) is 15.6. The number of carbonyl (C=O) groups is 2. The number of hydrogen-bond acceptors (Lipinski definition) is 4. The maximum Gasteiger partial charge on any atom is 0.254 e. The van der Waals surface area contributed by atoms with E-state index in [1.165, 1.54) is 25.2 Å². The van der Waals surface area contributed by atoms with Crippen LogP contribution in [0.25, 0.3) is 0 Å². The molecular formula is C20H20F2N2O4. The third-order valence-corrected chi connectivity index (χ3v) is 4.62. The fourth-order valence-electron chi connectivity index (χ4n) is 3.04. The Morgan fingerprint density at radius 2 is 1.25 bits per heavy atom. The predicted molar refractivity (Wildman–Crippen MR) is 97.7 cm³/mol. The van der Waals surface area contributed by atoms with E-state index in [2.05, 4.69) is 0 Å². The first-order valence-electron chi connectivity index (χ1n) is 8.69. The summed E-state index contributed by atoms with van der Waals surface area (Å²) >= 11 is 0. The normalized spacial score (nSPS) is 14.0. The monoisotopic (exact) mass is 390 g/mol. The lowest BCUT2D eigenvalue weighted by Crippen LogP contribution is -2.50. The molecule has 0 radical (unpaired) electrons. The Balaban J connectivity index is 1.67. The van der Waals surface area contributed by atoms with E-state index in [0.717, 1.165) is 12.1 Å². The molecule has 6 nitrogen and oxygen atoms in total. The van der Waals surface area contributed by atoms with Crippen molar-refractivity contribution in [3.05, 3.63) is 59.2 Å². The second-order valence-corrected chi connectivity index (χ2v) is 6.31. The van der Waals surface area contributed by atoms with Gasteiger partial charge in [-0.05, 0) is 30.3 Å². The Morgan fingerprint density at radius 3 is 1.71 bits per heavy atom. The Bertz CT molecular complexity index is 874. The summed E-state index contributed by atoms with van der Waals surface area (Å²) in [5.74, 6) is -1.64.